The molecule has 0 spiro atoms. The minimum atomic E-state index is -5.38. The van der Waals surface area contributed by atoms with Gasteiger partial charge in [-0.15, -0.1) is 0 Å². The maximum Gasteiger partial charge on any atom is 0.249 e. The van der Waals surface area contributed by atoms with Crippen molar-refractivity contribution in [1.29, 1.82) is 0 Å². The van der Waals surface area contributed by atoms with Gasteiger partial charge in [-0.1, -0.05) is 43.5 Å². The van der Waals surface area contributed by atoms with Crippen LogP contribution in [0, 0.1) is 34.9 Å². The van der Waals surface area contributed by atoms with Gasteiger partial charge in [0.2, 0.25) is 21.7 Å². The molecule has 3 aromatic carbocycles. The summed E-state index contributed by atoms with van der Waals surface area (Å²) < 4.78 is 113. The maximum absolute atomic E-state index is 15.4. The number of benzene rings is 3. The summed E-state index contributed by atoms with van der Waals surface area (Å²) in [6.07, 6.45) is 6.83. The van der Waals surface area contributed by atoms with E-state index in [1.54, 1.807) is 12.1 Å². The van der Waals surface area contributed by atoms with Crippen LogP contribution in [0.5, 0.6) is 0 Å². The average Bonchev–Trinajstić information content (AvgIpc) is 3.44. The Balaban J connectivity index is 1.35. The highest BCUT2D eigenvalue weighted by atomic mass is 32.2. The molecule has 0 bridgehead atoms. The van der Waals surface area contributed by atoms with Gasteiger partial charge >= 0.3 is 0 Å². The smallest absolute Gasteiger partial charge is 0.249 e. The molecule has 6 rings (SSSR count). The Morgan fingerprint density at radius 1 is 0.886 bits per heavy atom. The summed E-state index contributed by atoms with van der Waals surface area (Å²) in [7, 11) is -5.38. The fourth-order valence-electron chi connectivity index (χ4n) is 5.96. The number of H-pyrrole nitrogens is 1. The molecule has 14 heteroatoms. The molecular formula is C30H26F6N4O3S. The van der Waals surface area contributed by atoms with Crippen LogP contribution in [-0.4, -0.2) is 41.4 Å². The summed E-state index contributed by atoms with van der Waals surface area (Å²) in [4.78, 5) is 12.9. The molecule has 1 aliphatic carbocycles. The van der Waals surface area contributed by atoms with Crippen LogP contribution in [0.3, 0.4) is 0 Å². The molecular weight excluding hydrogens is 610 g/mol. The number of nitrogens with zero attached hydrogens (tertiary/aromatic N) is 3. The van der Waals surface area contributed by atoms with Gasteiger partial charge in [0.1, 0.15) is 11.9 Å². The third-order valence-electron chi connectivity index (χ3n) is 8.45. The number of halogens is 6. The minimum absolute atomic E-state index is 0.140. The second kappa shape index (κ2) is 11.5. The Kier molecular flexibility index (Phi) is 7.91. The number of sulfonamides is 1. The number of rotatable bonds is 7. The minimum Gasteiger partial charge on any atom is -0.304 e. The number of aromatic nitrogens is 2. The van der Waals surface area contributed by atoms with Crippen molar-refractivity contribution in [2.45, 2.75) is 61.9 Å². The number of carbonyl (C=O) groups is 1. The number of carbonyl (C=O) groups excluding carboxylic acids is 1. The third kappa shape index (κ3) is 5.13. The molecule has 1 aromatic heterocycles. The molecule has 2 aliphatic rings. The maximum atomic E-state index is 15.4. The first-order valence-electron chi connectivity index (χ1n) is 14.0. The SMILES string of the molecule is O=C([C@H]1CCN1S(=O)(=O)c1c(F)c(F)c(F)c(F)c1F)N(Cc1ccc(C2CCCCC2)cc1)c1cc2[nH]ncc2cc1F. The molecule has 2 heterocycles. The van der Waals surface area contributed by atoms with Gasteiger partial charge in [-0.25, -0.2) is 34.8 Å². The summed E-state index contributed by atoms with van der Waals surface area (Å²) >= 11 is 0. The first-order chi connectivity index (χ1) is 21.0. The molecule has 1 saturated heterocycles. The van der Waals surface area contributed by atoms with Crippen LogP contribution >= 0.6 is 0 Å². The molecule has 7 nitrogen and oxygen atoms in total. The molecule has 1 amide bonds. The summed E-state index contributed by atoms with van der Waals surface area (Å²) in [5, 5.41) is 6.96. The Morgan fingerprint density at radius 3 is 2.14 bits per heavy atom. The first-order valence-corrected chi connectivity index (χ1v) is 15.5. The molecule has 232 valence electrons. The summed E-state index contributed by atoms with van der Waals surface area (Å²) in [6.45, 7) is -0.641. The fourth-order valence-corrected chi connectivity index (χ4v) is 7.70. The van der Waals surface area contributed by atoms with Crippen LogP contribution in [-0.2, 0) is 21.4 Å². The Morgan fingerprint density at radius 2 is 1.52 bits per heavy atom. The number of amides is 1. The van der Waals surface area contributed by atoms with E-state index < -0.39 is 68.3 Å². The number of hydrogen-bond donors (Lipinski definition) is 1. The monoisotopic (exact) mass is 636 g/mol. The average molecular weight is 637 g/mol. The van der Waals surface area contributed by atoms with Crippen LogP contribution in [0.4, 0.5) is 32.0 Å². The second-order valence-corrected chi connectivity index (χ2v) is 12.9. The lowest BCUT2D eigenvalue weighted by Gasteiger charge is -2.41. The highest BCUT2D eigenvalue weighted by Gasteiger charge is 2.48. The normalized spacial score (nSPS) is 18.0. The van der Waals surface area contributed by atoms with E-state index in [-0.39, 0.29) is 18.7 Å². The van der Waals surface area contributed by atoms with Gasteiger partial charge in [0.15, 0.2) is 28.2 Å². The van der Waals surface area contributed by atoms with E-state index in [1.807, 2.05) is 12.1 Å². The highest BCUT2D eigenvalue weighted by Crippen LogP contribution is 2.37. The van der Waals surface area contributed by atoms with Gasteiger partial charge in [-0.2, -0.15) is 9.40 Å². The van der Waals surface area contributed by atoms with Crippen molar-refractivity contribution in [2.75, 3.05) is 11.4 Å². The van der Waals surface area contributed by atoms with Gasteiger partial charge < -0.3 is 4.90 Å². The van der Waals surface area contributed by atoms with Crippen molar-refractivity contribution in [3.05, 3.63) is 88.6 Å². The van der Waals surface area contributed by atoms with Crippen LogP contribution in [0.15, 0.2) is 47.5 Å². The molecule has 0 radical (unpaired) electrons. The van der Waals surface area contributed by atoms with Crippen molar-refractivity contribution >= 4 is 32.5 Å². The lowest BCUT2D eigenvalue weighted by molar-refractivity contribution is -0.125. The molecule has 4 aromatic rings. The fraction of sp³-hybridized carbons (Fsp3) is 0.333. The van der Waals surface area contributed by atoms with E-state index in [9.17, 15) is 35.2 Å². The number of nitrogens with one attached hydrogen (secondary N) is 1. The first kappa shape index (κ1) is 30.1. The number of hydrogen-bond acceptors (Lipinski definition) is 4. The highest BCUT2D eigenvalue weighted by molar-refractivity contribution is 7.89. The second-order valence-electron chi connectivity index (χ2n) is 11.1. The summed E-state index contributed by atoms with van der Waals surface area (Å²) in [5.74, 6) is -13.8. The standard InChI is InChI=1S/C30H26F6N4O3S/c31-20-12-19-14-37-38-21(19)13-23(20)39(15-16-6-8-18(9-7-16)17-4-2-1-3-5-17)30(41)22-10-11-40(22)44(42,43)29-27(35)25(33)24(32)26(34)28(29)36/h6-9,12-14,17,22H,1-5,10-11,15H2,(H,37,38)/t22-/m1/s1. The molecule has 1 N–H and O–H groups in total. The van der Waals surface area contributed by atoms with Crippen LogP contribution < -0.4 is 4.90 Å². The quantitative estimate of drug-likeness (QED) is 0.144. The van der Waals surface area contributed by atoms with Crippen LogP contribution in [0.2, 0.25) is 0 Å². The van der Waals surface area contributed by atoms with E-state index in [0.717, 1.165) is 42.2 Å². The van der Waals surface area contributed by atoms with E-state index >= 15 is 4.39 Å². The van der Waals surface area contributed by atoms with Crippen LogP contribution in [0.1, 0.15) is 55.6 Å². The van der Waals surface area contributed by atoms with E-state index in [1.165, 1.54) is 18.7 Å². The summed E-state index contributed by atoms with van der Waals surface area (Å²) in [5.41, 5.74) is 1.89. The number of aromatic amines is 1. The molecule has 2 fully saturated rings. The van der Waals surface area contributed by atoms with Gasteiger partial charge in [-0.05, 0) is 48.4 Å². The zero-order valence-electron chi connectivity index (χ0n) is 23.1. The van der Waals surface area contributed by atoms with Crippen molar-refractivity contribution in [2.24, 2.45) is 0 Å². The zero-order valence-corrected chi connectivity index (χ0v) is 23.9. The molecule has 1 saturated carbocycles. The topological polar surface area (TPSA) is 86.4 Å². The number of fused-ring (bicyclic) bond motifs is 1. The van der Waals surface area contributed by atoms with E-state index in [2.05, 4.69) is 10.2 Å². The van der Waals surface area contributed by atoms with Crippen molar-refractivity contribution in [3.63, 3.8) is 0 Å². The zero-order chi connectivity index (χ0) is 31.3. The summed E-state index contributed by atoms with van der Waals surface area (Å²) in [6, 6.07) is 8.32. The van der Waals surface area contributed by atoms with Gasteiger partial charge in [0.25, 0.3) is 0 Å². The molecule has 44 heavy (non-hydrogen) atoms. The van der Waals surface area contributed by atoms with Crippen molar-refractivity contribution in [1.82, 2.24) is 14.5 Å². The predicted octanol–water partition coefficient (Wildman–Crippen LogP) is 6.44. The predicted molar refractivity (Wildman–Crippen MR) is 148 cm³/mol. The lowest BCUT2D eigenvalue weighted by atomic mass is 9.84. The van der Waals surface area contributed by atoms with Gasteiger partial charge in [0, 0.05) is 11.9 Å². The Hall–Kier alpha value is -3.91. The largest absolute Gasteiger partial charge is 0.304 e. The third-order valence-corrected chi connectivity index (χ3v) is 10.4. The van der Waals surface area contributed by atoms with Gasteiger partial charge in [-0.3, -0.25) is 9.89 Å². The van der Waals surface area contributed by atoms with Crippen molar-refractivity contribution in [3.8, 4) is 0 Å². The van der Waals surface area contributed by atoms with E-state index in [0.29, 0.717) is 26.7 Å². The van der Waals surface area contributed by atoms with Gasteiger partial charge in [0.05, 0.1) is 23.9 Å². The Bertz CT molecular complexity index is 1830. The molecule has 0 unspecified atom stereocenters. The molecule has 1 aliphatic heterocycles. The molecule has 1 atom stereocenters. The van der Waals surface area contributed by atoms with Crippen molar-refractivity contribution < 1.29 is 39.6 Å². The number of anilines is 1. The lowest BCUT2D eigenvalue weighted by Crippen LogP contribution is -2.59. The van der Waals surface area contributed by atoms with E-state index in [4.69, 9.17) is 0 Å². The van der Waals surface area contributed by atoms with Crippen LogP contribution in [0.25, 0.3) is 10.9 Å². The Labute approximate surface area is 248 Å².